The number of nitrogens with one attached hydrogen (secondary N) is 1. The molecule has 2 heterocycles. The molecule has 1 aliphatic heterocycles. The molecule has 1 amide bonds. The standard InChI is InChI=1S/C10H15N5O/c1-7-13-6-8(11)9(14-7)10(16)15-4-2-12-3-5-15/h6,12H,2-5,11H2,1H3. The van der Waals surface area contributed by atoms with E-state index in [1.54, 1.807) is 11.8 Å². The molecule has 0 radical (unpaired) electrons. The lowest BCUT2D eigenvalue weighted by Gasteiger charge is -2.27. The van der Waals surface area contributed by atoms with E-state index in [9.17, 15) is 4.79 Å². The number of hydrogen-bond donors (Lipinski definition) is 2. The van der Waals surface area contributed by atoms with E-state index in [0.717, 1.165) is 13.1 Å². The zero-order chi connectivity index (χ0) is 11.5. The zero-order valence-corrected chi connectivity index (χ0v) is 9.23. The molecule has 1 saturated heterocycles. The Morgan fingerprint density at radius 1 is 1.50 bits per heavy atom. The number of aromatic nitrogens is 2. The summed E-state index contributed by atoms with van der Waals surface area (Å²) in [7, 11) is 0. The minimum atomic E-state index is -0.107. The Labute approximate surface area is 93.9 Å². The Morgan fingerprint density at radius 3 is 2.88 bits per heavy atom. The number of aryl methyl sites for hydroxylation is 1. The second-order valence-corrected chi connectivity index (χ2v) is 3.76. The van der Waals surface area contributed by atoms with Crippen molar-refractivity contribution in [3.8, 4) is 0 Å². The Bertz CT molecular complexity index is 400. The van der Waals surface area contributed by atoms with Crippen molar-refractivity contribution in [2.45, 2.75) is 6.92 Å². The van der Waals surface area contributed by atoms with E-state index >= 15 is 0 Å². The van der Waals surface area contributed by atoms with Crippen LogP contribution < -0.4 is 11.1 Å². The molecule has 0 aliphatic carbocycles. The molecule has 0 saturated carbocycles. The van der Waals surface area contributed by atoms with Gasteiger partial charge in [-0.05, 0) is 6.92 Å². The maximum Gasteiger partial charge on any atom is 0.274 e. The number of amides is 1. The smallest absolute Gasteiger partial charge is 0.274 e. The van der Waals surface area contributed by atoms with E-state index in [1.165, 1.54) is 6.20 Å². The number of nitrogen functional groups attached to an aromatic ring is 1. The molecule has 0 aromatic carbocycles. The largest absolute Gasteiger partial charge is 0.396 e. The fourth-order valence-electron chi connectivity index (χ4n) is 1.67. The summed E-state index contributed by atoms with van der Waals surface area (Å²) in [6.45, 7) is 4.77. The summed E-state index contributed by atoms with van der Waals surface area (Å²) in [5.74, 6) is 0.456. The predicted octanol–water partition coefficient (Wildman–Crippen LogP) is -0.587. The van der Waals surface area contributed by atoms with Crippen LogP contribution in [0.5, 0.6) is 0 Å². The second kappa shape index (κ2) is 4.44. The van der Waals surface area contributed by atoms with Crippen molar-refractivity contribution in [2.24, 2.45) is 0 Å². The Morgan fingerprint density at radius 2 is 2.19 bits per heavy atom. The second-order valence-electron chi connectivity index (χ2n) is 3.76. The van der Waals surface area contributed by atoms with Gasteiger partial charge in [-0.2, -0.15) is 0 Å². The van der Waals surface area contributed by atoms with Gasteiger partial charge in [-0.3, -0.25) is 4.79 Å². The topological polar surface area (TPSA) is 84.1 Å². The highest BCUT2D eigenvalue weighted by Gasteiger charge is 2.21. The highest BCUT2D eigenvalue weighted by Crippen LogP contribution is 2.11. The minimum Gasteiger partial charge on any atom is -0.396 e. The van der Waals surface area contributed by atoms with Gasteiger partial charge in [0.2, 0.25) is 0 Å². The maximum absolute atomic E-state index is 12.1. The molecule has 1 aliphatic rings. The molecule has 0 atom stereocenters. The summed E-state index contributed by atoms with van der Waals surface area (Å²) in [6, 6.07) is 0. The van der Waals surface area contributed by atoms with Gasteiger partial charge in [-0.15, -0.1) is 0 Å². The first-order chi connectivity index (χ1) is 7.68. The molecule has 86 valence electrons. The third-order valence-corrected chi connectivity index (χ3v) is 2.54. The van der Waals surface area contributed by atoms with Gasteiger partial charge in [0.15, 0.2) is 5.69 Å². The third-order valence-electron chi connectivity index (χ3n) is 2.54. The summed E-state index contributed by atoms with van der Waals surface area (Å²) >= 11 is 0. The van der Waals surface area contributed by atoms with Crippen LogP contribution >= 0.6 is 0 Å². The minimum absolute atomic E-state index is 0.107. The molecule has 1 fully saturated rings. The van der Waals surface area contributed by atoms with Crippen molar-refractivity contribution < 1.29 is 4.79 Å². The fourth-order valence-corrected chi connectivity index (χ4v) is 1.67. The van der Waals surface area contributed by atoms with Crippen LogP contribution in [0.15, 0.2) is 6.20 Å². The van der Waals surface area contributed by atoms with E-state index < -0.39 is 0 Å². The number of carbonyl (C=O) groups is 1. The molecule has 2 rings (SSSR count). The SMILES string of the molecule is Cc1ncc(N)c(C(=O)N2CCNCC2)n1. The lowest BCUT2D eigenvalue weighted by atomic mass is 10.2. The third kappa shape index (κ3) is 2.11. The number of hydrogen-bond acceptors (Lipinski definition) is 5. The van der Waals surface area contributed by atoms with Crippen LogP contribution in [0.3, 0.4) is 0 Å². The Balaban J connectivity index is 2.22. The quantitative estimate of drug-likeness (QED) is 0.662. The van der Waals surface area contributed by atoms with Gasteiger partial charge < -0.3 is 16.0 Å². The molecule has 6 heteroatoms. The Kier molecular flexibility index (Phi) is 3.00. The molecule has 0 spiro atoms. The summed E-state index contributed by atoms with van der Waals surface area (Å²) in [6.07, 6.45) is 1.48. The molecule has 1 aromatic heterocycles. The number of anilines is 1. The average Bonchev–Trinajstić information content (AvgIpc) is 2.32. The molecule has 6 nitrogen and oxygen atoms in total. The summed E-state index contributed by atoms with van der Waals surface area (Å²) in [5, 5.41) is 3.19. The lowest BCUT2D eigenvalue weighted by molar-refractivity contribution is 0.0730. The van der Waals surface area contributed by atoms with Crippen molar-refractivity contribution in [2.75, 3.05) is 31.9 Å². The number of piperazine rings is 1. The first kappa shape index (κ1) is 10.8. The predicted molar refractivity (Wildman–Crippen MR) is 60.0 cm³/mol. The first-order valence-corrected chi connectivity index (χ1v) is 5.27. The van der Waals surface area contributed by atoms with Crippen molar-refractivity contribution in [1.29, 1.82) is 0 Å². The van der Waals surface area contributed by atoms with E-state index in [4.69, 9.17) is 5.73 Å². The van der Waals surface area contributed by atoms with Gasteiger partial charge in [0.05, 0.1) is 11.9 Å². The van der Waals surface area contributed by atoms with Crippen LogP contribution in [0.4, 0.5) is 5.69 Å². The Hall–Kier alpha value is -1.69. The molecule has 3 N–H and O–H groups in total. The lowest BCUT2D eigenvalue weighted by Crippen LogP contribution is -2.46. The van der Waals surface area contributed by atoms with Crippen LogP contribution in [0.25, 0.3) is 0 Å². The number of nitrogens with two attached hydrogens (primary N) is 1. The maximum atomic E-state index is 12.1. The van der Waals surface area contributed by atoms with Gasteiger partial charge >= 0.3 is 0 Å². The number of nitrogens with zero attached hydrogens (tertiary/aromatic N) is 3. The van der Waals surface area contributed by atoms with Crippen LogP contribution in [0, 0.1) is 6.92 Å². The molecule has 0 bridgehead atoms. The highest BCUT2D eigenvalue weighted by molar-refractivity contribution is 5.97. The van der Waals surface area contributed by atoms with Crippen molar-refractivity contribution >= 4 is 11.6 Å². The number of rotatable bonds is 1. The average molecular weight is 221 g/mol. The molecule has 16 heavy (non-hydrogen) atoms. The number of carbonyl (C=O) groups excluding carboxylic acids is 1. The zero-order valence-electron chi connectivity index (χ0n) is 9.23. The van der Waals surface area contributed by atoms with E-state index in [0.29, 0.717) is 30.3 Å². The van der Waals surface area contributed by atoms with Crippen LogP contribution in [0.1, 0.15) is 16.3 Å². The van der Waals surface area contributed by atoms with Crippen LogP contribution in [0.2, 0.25) is 0 Å². The van der Waals surface area contributed by atoms with Gasteiger partial charge in [-0.1, -0.05) is 0 Å². The molecule has 1 aromatic rings. The van der Waals surface area contributed by atoms with Crippen LogP contribution in [-0.2, 0) is 0 Å². The van der Waals surface area contributed by atoms with E-state index in [1.807, 2.05) is 0 Å². The van der Waals surface area contributed by atoms with Gasteiger partial charge in [0.1, 0.15) is 5.82 Å². The molecule has 0 unspecified atom stereocenters. The van der Waals surface area contributed by atoms with Crippen molar-refractivity contribution in [3.63, 3.8) is 0 Å². The molecular weight excluding hydrogens is 206 g/mol. The van der Waals surface area contributed by atoms with Gasteiger partial charge in [0, 0.05) is 26.2 Å². The summed E-state index contributed by atoms with van der Waals surface area (Å²) in [5.41, 5.74) is 6.36. The normalized spacial score (nSPS) is 16.2. The summed E-state index contributed by atoms with van der Waals surface area (Å²) in [4.78, 5) is 21.9. The highest BCUT2D eigenvalue weighted by atomic mass is 16.2. The van der Waals surface area contributed by atoms with E-state index in [2.05, 4.69) is 15.3 Å². The summed E-state index contributed by atoms with van der Waals surface area (Å²) < 4.78 is 0. The van der Waals surface area contributed by atoms with Gasteiger partial charge in [0.25, 0.3) is 5.91 Å². The van der Waals surface area contributed by atoms with Gasteiger partial charge in [-0.25, -0.2) is 9.97 Å². The fraction of sp³-hybridized carbons (Fsp3) is 0.500. The van der Waals surface area contributed by atoms with E-state index in [-0.39, 0.29) is 5.91 Å². The van der Waals surface area contributed by atoms with Crippen LogP contribution in [-0.4, -0.2) is 47.0 Å². The monoisotopic (exact) mass is 221 g/mol. The van der Waals surface area contributed by atoms with Crippen molar-refractivity contribution in [1.82, 2.24) is 20.2 Å². The molecular formula is C10H15N5O. The van der Waals surface area contributed by atoms with Crippen molar-refractivity contribution in [3.05, 3.63) is 17.7 Å². The first-order valence-electron chi connectivity index (χ1n) is 5.27.